The molecule has 0 spiro atoms. The fourth-order valence-electron chi connectivity index (χ4n) is 9.87. The van der Waals surface area contributed by atoms with Gasteiger partial charge in [0.15, 0.2) is 17.5 Å². The molecule has 5 heterocycles. The summed E-state index contributed by atoms with van der Waals surface area (Å²) >= 11 is 13.7. The van der Waals surface area contributed by atoms with Gasteiger partial charge in [-0.25, -0.2) is 9.59 Å². The normalized spacial score (nSPS) is 20.4. The summed E-state index contributed by atoms with van der Waals surface area (Å²) in [7, 11) is 0.986. The lowest BCUT2D eigenvalue weighted by molar-refractivity contribution is -0.146. The molecule has 22 nitrogen and oxygen atoms in total. The molecule has 0 saturated heterocycles. The summed E-state index contributed by atoms with van der Waals surface area (Å²) in [5.74, 6) is -10.5. The van der Waals surface area contributed by atoms with Crippen molar-refractivity contribution in [1.29, 1.82) is 0 Å². The number of halogens is 2. The largest absolute Gasteiger partial charge is 0.508 e. The zero-order chi connectivity index (χ0) is 59.5. The van der Waals surface area contributed by atoms with E-state index in [4.69, 9.17) is 42.1 Å². The summed E-state index contributed by atoms with van der Waals surface area (Å²) in [6.45, 7) is -0.158. The highest BCUT2D eigenvalue weighted by Crippen LogP contribution is 2.47. The lowest BCUT2D eigenvalue weighted by Crippen LogP contribution is -2.57. The SMILES string of the molecule is COC(=O)[C@H]1NC(=O)[C@H]2NC(=O)[C@H](NC(=O)[C@@H]3NC(=O)[C@H](Cc4ccccc4)NC(=O)[C@H](NC(=O)OCc4ccccc4)Cc4ccc(c(Cl)c4)Oc4cc3cc(c4O)Oc3ccc(cc3Cl)[C@@H]2O)c2ccc(O)c(c2)-c2c(O)cc(O)cc21. The van der Waals surface area contributed by atoms with Crippen LogP contribution in [0.3, 0.4) is 0 Å². The summed E-state index contributed by atoms with van der Waals surface area (Å²) in [5.41, 5.74) is 0.0728. The van der Waals surface area contributed by atoms with Crippen LogP contribution in [-0.2, 0) is 57.7 Å². The average molecular weight is 1180 g/mol. The van der Waals surface area contributed by atoms with Crippen LogP contribution in [0.25, 0.3) is 11.1 Å². The van der Waals surface area contributed by atoms with Crippen molar-refractivity contribution in [2.24, 2.45) is 0 Å². The van der Waals surface area contributed by atoms with Gasteiger partial charge in [0.2, 0.25) is 35.3 Å². The first-order valence-corrected chi connectivity index (χ1v) is 26.6. The monoisotopic (exact) mass is 1180 g/mol. The van der Waals surface area contributed by atoms with E-state index in [1.807, 2.05) is 0 Å². The van der Waals surface area contributed by atoms with Crippen molar-refractivity contribution in [3.8, 4) is 57.1 Å². The number of aromatic hydroxyl groups is 4. The summed E-state index contributed by atoms with van der Waals surface area (Å²) < 4.78 is 23.0. The molecule has 5 aliphatic rings. The third-order valence-corrected chi connectivity index (χ3v) is 14.7. The highest BCUT2D eigenvalue weighted by atomic mass is 35.5. The molecule has 12 rings (SSSR count). The number of aliphatic hydroxyl groups is 1. The number of hydrogen-bond donors (Lipinski definition) is 11. The second kappa shape index (κ2) is 24.2. The van der Waals surface area contributed by atoms with Gasteiger partial charge >= 0.3 is 12.1 Å². The molecule has 5 aliphatic heterocycles. The number of alkyl carbamates (subject to hydrolysis) is 1. The molecule has 0 aromatic heterocycles. The summed E-state index contributed by atoms with van der Waals surface area (Å²) in [5, 5.41) is 73.2. The van der Waals surface area contributed by atoms with Gasteiger partial charge in [0.1, 0.15) is 71.7 Å². The van der Waals surface area contributed by atoms with Gasteiger partial charge < -0.3 is 76.4 Å². The van der Waals surface area contributed by atoms with E-state index >= 15 is 14.4 Å². The first-order chi connectivity index (χ1) is 40.3. The minimum Gasteiger partial charge on any atom is -0.508 e. The van der Waals surface area contributed by atoms with Crippen LogP contribution in [0, 0.1) is 0 Å². The van der Waals surface area contributed by atoms with Crippen LogP contribution in [0.15, 0.2) is 140 Å². The number of fused-ring (bicyclic) bond motifs is 15. The third kappa shape index (κ3) is 12.3. The number of phenols is 4. The first-order valence-electron chi connectivity index (χ1n) is 25.8. The first kappa shape index (κ1) is 57.2. The van der Waals surface area contributed by atoms with E-state index in [9.17, 15) is 44.7 Å². The maximum absolute atomic E-state index is 15.6. The minimum atomic E-state index is -2.09. The second-order valence-electron chi connectivity index (χ2n) is 19.7. The number of benzene rings is 7. The number of phenolic OH excluding ortho intramolecular Hbond substituents is 4. The fourth-order valence-corrected chi connectivity index (χ4v) is 10.3. The topological polar surface area (TPSA) is 330 Å². The lowest BCUT2D eigenvalue weighted by Gasteiger charge is -2.31. The van der Waals surface area contributed by atoms with Crippen molar-refractivity contribution >= 4 is 64.8 Å². The van der Waals surface area contributed by atoms with Crippen LogP contribution in [0.1, 0.15) is 63.2 Å². The Kier molecular flexibility index (Phi) is 16.5. The molecule has 0 saturated carbocycles. The maximum Gasteiger partial charge on any atom is 0.408 e. The molecule has 7 aromatic rings. The van der Waals surface area contributed by atoms with Gasteiger partial charge in [0, 0.05) is 35.6 Å². The Balaban J connectivity index is 1.15. The highest BCUT2D eigenvalue weighted by Gasteiger charge is 2.41. The van der Waals surface area contributed by atoms with Gasteiger partial charge in [-0.3, -0.25) is 24.0 Å². The number of methoxy groups -OCH3 is 1. The van der Waals surface area contributed by atoms with Crippen LogP contribution < -0.4 is 41.4 Å². The Morgan fingerprint density at radius 3 is 1.89 bits per heavy atom. The Labute approximate surface area is 487 Å². The molecule has 11 N–H and O–H groups in total. The molecule has 84 heavy (non-hydrogen) atoms. The fraction of sp³-hybridized carbons (Fsp3) is 0.183. The van der Waals surface area contributed by atoms with Gasteiger partial charge in [-0.2, -0.15) is 0 Å². The van der Waals surface area contributed by atoms with Gasteiger partial charge in [-0.15, -0.1) is 0 Å². The van der Waals surface area contributed by atoms with Gasteiger partial charge in [-0.05, 0) is 88.0 Å². The molecule has 0 radical (unpaired) electrons. The minimum absolute atomic E-state index is 0.0591. The summed E-state index contributed by atoms with van der Waals surface area (Å²) in [6.07, 6.45) is -3.48. The predicted molar refractivity (Wildman–Crippen MR) is 299 cm³/mol. The highest BCUT2D eigenvalue weighted by molar-refractivity contribution is 6.32. The summed E-state index contributed by atoms with van der Waals surface area (Å²) in [6, 6.07) is 22.0. The van der Waals surface area contributed by atoms with E-state index < -0.39 is 118 Å². The molecule has 11 bridgehead atoms. The van der Waals surface area contributed by atoms with Gasteiger partial charge in [-0.1, -0.05) is 102 Å². The number of hydrogen-bond acceptors (Lipinski definition) is 16. The van der Waals surface area contributed by atoms with Crippen molar-refractivity contribution in [3.63, 3.8) is 0 Å². The number of esters is 1. The van der Waals surface area contributed by atoms with Gasteiger partial charge in [0.05, 0.1) is 17.2 Å². The Morgan fingerprint density at radius 2 is 1.23 bits per heavy atom. The zero-order valence-corrected chi connectivity index (χ0v) is 45.4. The number of carbonyl (C=O) groups is 7. The van der Waals surface area contributed by atoms with E-state index in [0.29, 0.717) is 16.7 Å². The molecule has 7 aromatic carbocycles. The zero-order valence-electron chi connectivity index (χ0n) is 43.9. The van der Waals surface area contributed by atoms with Crippen LogP contribution in [-0.4, -0.2) is 92.4 Å². The van der Waals surface area contributed by atoms with Crippen molar-refractivity contribution < 1.29 is 78.0 Å². The smallest absolute Gasteiger partial charge is 0.408 e. The molecule has 0 fully saturated rings. The number of amides is 6. The Bertz CT molecular complexity index is 3780. The van der Waals surface area contributed by atoms with Crippen LogP contribution in [0.2, 0.25) is 10.0 Å². The number of ether oxygens (including phenoxy) is 4. The second-order valence-corrected chi connectivity index (χ2v) is 20.5. The van der Waals surface area contributed by atoms with Crippen molar-refractivity contribution in [2.75, 3.05) is 7.11 Å². The van der Waals surface area contributed by atoms with Crippen LogP contribution in [0.4, 0.5) is 4.79 Å². The maximum atomic E-state index is 15.6. The standard InChI is InChI=1S/C60H50Cl2N6O16/c1-81-59(79)50-36-25-34(69)26-42(71)47(36)35-21-31(13-15-41(35)70)48-56(76)68-51(58(78)67-50)52(72)32-14-17-44(38(62)22-32)84-46-24-33-23-45(53(46)73)83-43-16-12-30(18-37(43)61)20-40(64-60(80)82-27-29-10-6-3-7-11-29)54(74)63-39(19-28-8-4-2-5-9-28)55(75)65-49(33)57(77)66-48/h2-18,21-26,39-40,48-52,69-73H,19-20,27H2,1H3,(H,63,74)(H,64,80)(H,65,75)(H,66,77)(H,67,78)(H,68,76)/t39-,40+,48+,49+,50-,51-,52-/m0/s1. The van der Waals surface area contributed by atoms with E-state index in [-0.39, 0.29) is 74.4 Å². The van der Waals surface area contributed by atoms with Crippen LogP contribution in [0.5, 0.6) is 46.0 Å². The Hall–Kier alpha value is -10.0. The van der Waals surface area contributed by atoms with Crippen molar-refractivity contribution in [2.45, 2.75) is 61.8 Å². The molecular formula is C60H50Cl2N6O16. The van der Waals surface area contributed by atoms with E-state index in [0.717, 1.165) is 37.4 Å². The molecule has 7 atom stereocenters. The van der Waals surface area contributed by atoms with Gasteiger partial charge in [0.25, 0.3) is 0 Å². The Morgan fingerprint density at radius 1 is 0.607 bits per heavy atom. The molecule has 430 valence electrons. The molecule has 0 unspecified atom stereocenters. The van der Waals surface area contributed by atoms with Crippen molar-refractivity contribution in [3.05, 3.63) is 189 Å². The molecule has 0 aliphatic carbocycles. The number of carbonyl (C=O) groups excluding carboxylic acids is 7. The molecular weight excluding hydrogens is 1130 g/mol. The third-order valence-electron chi connectivity index (χ3n) is 14.1. The molecule has 24 heteroatoms. The average Bonchev–Trinajstić information content (AvgIpc) is 3.67. The lowest BCUT2D eigenvalue weighted by atomic mass is 9.89. The summed E-state index contributed by atoms with van der Waals surface area (Å²) in [4.78, 5) is 103. The predicted octanol–water partition coefficient (Wildman–Crippen LogP) is 6.54. The number of nitrogens with one attached hydrogen (secondary N) is 6. The van der Waals surface area contributed by atoms with Crippen molar-refractivity contribution in [1.82, 2.24) is 31.9 Å². The molecule has 6 amide bonds. The number of rotatable bonds is 6. The number of aliphatic hydroxyl groups excluding tert-OH is 1. The van der Waals surface area contributed by atoms with E-state index in [1.54, 1.807) is 60.7 Å². The van der Waals surface area contributed by atoms with Crippen LogP contribution >= 0.6 is 23.2 Å². The quantitative estimate of drug-likeness (QED) is 0.0788. The van der Waals surface area contributed by atoms with E-state index in [2.05, 4.69) is 31.9 Å². The van der Waals surface area contributed by atoms with E-state index in [1.165, 1.54) is 48.5 Å².